The molecule has 0 bridgehead atoms. The molecule has 2 rings (SSSR count). The molecule has 0 aliphatic carbocycles. The Hall–Kier alpha value is -2.15. The van der Waals surface area contributed by atoms with E-state index in [0.717, 1.165) is 30.7 Å². The number of nitrogens with zero attached hydrogens (tertiary/aromatic N) is 1. The van der Waals surface area contributed by atoms with Crippen molar-refractivity contribution >= 4 is 11.7 Å². The maximum atomic E-state index is 12.0. The molecule has 7 heteroatoms. The summed E-state index contributed by atoms with van der Waals surface area (Å²) in [5, 5.41) is 22.3. The van der Waals surface area contributed by atoms with Crippen LogP contribution in [-0.2, 0) is 16.1 Å². The Balaban J connectivity index is 2.15. The molecule has 1 unspecified atom stereocenters. The van der Waals surface area contributed by atoms with Gasteiger partial charge in [-0.3, -0.25) is 10.1 Å². The van der Waals surface area contributed by atoms with Crippen molar-refractivity contribution in [2.24, 2.45) is 0 Å². The van der Waals surface area contributed by atoms with Crippen LogP contribution in [0.3, 0.4) is 0 Å². The van der Waals surface area contributed by atoms with Crippen LogP contribution in [0.1, 0.15) is 31.7 Å². The van der Waals surface area contributed by atoms with Gasteiger partial charge in [-0.15, -0.1) is 0 Å². The number of quaternary nitrogens is 1. The van der Waals surface area contributed by atoms with Crippen molar-refractivity contribution in [3.05, 3.63) is 33.9 Å². The SMILES string of the molecule is CCOC(=O)[C@@H]1CCCC[NH+]1Cc1ccc([O-])c([N+](=O)[O-])c1. The number of carbonyl (C=O) groups excluding carboxylic acids is 1. The van der Waals surface area contributed by atoms with Gasteiger partial charge in [-0.1, -0.05) is 12.1 Å². The van der Waals surface area contributed by atoms with E-state index < -0.39 is 16.4 Å². The Morgan fingerprint density at radius 1 is 1.45 bits per heavy atom. The molecule has 1 fully saturated rings. The molecule has 1 aliphatic heterocycles. The maximum Gasteiger partial charge on any atom is 0.364 e. The van der Waals surface area contributed by atoms with Crippen LogP contribution in [0, 0.1) is 10.1 Å². The highest BCUT2D eigenvalue weighted by Crippen LogP contribution is 2.23. The molecule has 1 saturated heterocycles. The summed E-state index contributed by atoms with van der Waals surface area (Å²) in [4.78, 5) is 23.2. The first-order chi connectivity index (χ1) is 10.5. The summed E-state index contributed by atoms with van der Waals surface area (Å²) in [6.07, 6.45) is 2.75. The fraction of sp³-hybridized carbons (Fsp3) is 0.533. The van der Waals surface area contributed by atoms with E-state index in [4.69, 9.17) is 4.74 Å². The number of nitro benzene ring substituents is 1. The van der Waals surface area contributed by atoms with Crippen molar-refractivity contribution < 1.29 is 24.5 Å². The number of benzene rings is 1. The zero-order chi connectivity index (χ0) is 16.1. The van der Waals surface area contributed by atoms with Gasteiger partial charge in [0.1, 0.15) is 6.54 Å². The van der Waals surface area contributed by atoms with Crippen LogP contribution in [0.25, 0.3) is 0 Å². The van der Waals surface area contributed by atoms with Gasteiger partial charge in [0.25, 0.3) is 5.69 Å². The average molecular weight is 308 g/mol. The second-order valence-corrected chi connectivity index (χ2v) is 5.44. The molecule has 0 saturated carbocycles. The number of rotatable bonds is 5. The Labute approximate surface area is 128 Å². The Morgan fingerprint density at radius 2 is 2.23 bits per heavy atom. The fourth-order valence-corrected chi connectivity index (χ4v) is 2.90. The number of ether oxygens (including phenoxy) is 1. The maximum absolute atomic E-state index is 12.0. The molecule has 1 aromatic carbocycles. The van der Waals surface area contributed by atoms with Crippen LogP contribution >= 0.6 is 0 Å². The van der Waals surface area contributed by atoms with Crippen molar-refractivity contribution in [2.45, 2.75) is 38.8 Å². The Morgan fingerprint density at radius 3 is 2.91 bits per heavy atom. The monoisotopic (exact) mass is 308 g/mol. The lowest BCUT2D eigenvalue weighted by molar-refractivity contribution is -0.935. The minimum Gasteiger partial charge on any atom is -0.868 e. The second-order valence-electron chi connectivity index (χ2n) is 5.44. The smallest absolute Gasteiger partial charge is 0.364 e. The highest BCUT2D eigenvalue weighted by molar-refractivity contribution is 5.74. The lowest BCUT2D eigenvalue weighted by Crippen LogP contribution is -3.16. The van der Waals surface area contributed by atoms with Crippen LogP contribution < -0.4 is 10.0 Å². The quantitative estimate of drug-likeness (QED) is 0.475. The summed E-state index contributed by atoms with van der Waals surface area (Å²) in [5.41, 5.74) is 0.277. The first-order valence-corrected chi connectivity index (χ1v) is 7.48. The molecule has 0 spiro atoms. The van der Waals surface area contributed by atoms with Crippen molar-refractivity contribution in [2.75, 3.05) is 13.2 Å². The predicted molar refractivity (Wildman–Crippen MR) is 76.3 cm³/mol. The van der Waals surface area contributed by atoms with E-state index in [9.17, 15) is 20.0 Å². The van der Waals surface area contributed by atoms with Crippen LogP contribution in [0.5, 0.6) is 5.75 Å². The number of esters is 1. The van der Waals surface area contributed by atoms with E-state index in [-0.39, 0.29) is 12.0 Å². The van der Waals surface area contributed by atoms with E-state index in [1.54, 1.807) is 13.0 Å². The molecular weight excluding hydrogens is 288 g/mol. The number of likely N-dealkylation sites (tertiary alicyclic amines) is 1. The van der Waals surface area contributed by atoms with E-state index in [2.05, 4.69) is 0 Å². The normalized spacial score (nSPS) is 21.3. The molecule has 0 amide bonds. The first-order valence-electron chi connectivity index (χ1n) is 7.48. The number of piperidine rings is 1. The standard InChI is InChI=1S/C15H20N2O5/c1-2-22-15(19)12-5-3-4-8-16(12)10-11-6-7-14(18)13(9-11)17(20)21/h6-7,9,12,18H,2-5,8,10H2,1H3/t12-/m0/s1. The third-order valence-electron chi connectivity index (χ3n) is 3.96. The molecule has 2 atom stereocenters. The summed E-state index contributed by atoms with van der Waals surface area (Å²) in [6.45, 7) is 3.41. The number of nitrogens with one attached hydrogen (secondary N) is 1. The van der Waals surface area contributed by atoms with E-state index >= 15 is 0 Å². The van der Waals surface area contributed by atoms with Gasteiger partial charge < -0.3 is 14.7 Å². The second kappa shape index (κ2) is 7.22. The Bertz CT molecular complexity index is 561. The molecule has 0 aromatic heterocycles. The van der Waals surface area contributed by atoms with Gasteiger partial charge in [0.15, 0.2) is 6.04 Å². The summed E-state index contributed by atoms with van der Waals surface area (Å²) < 4.78 is 5.11. The number of carbonyl (C=O) groups is 1. The summed E-state index contributed by atoms with van der Waals surface area (Å²) in [5.74, 6) is -0.809. The van der Waals surface area contributed by atoms with Gasteiger partial charge in [-0.2, -0.15) is 0 Å². The molecule has 1 aliphatic rings. The van der Waals surface area contributed by atoms with E-state index in [1.165, 1.54) is 12.1 Å². The van der Waals surface area contributed by atoms with E-state index in [0.29, 0.717) is 18.7 Å². The minimum absolute atomic E-state index is 0.216. The minimum atomic E-state index is -0.666. The zero-order valence-electron chi connectivity index (χ0n) is 12.5. The average Bonchev–Trinajstić information content (AvgIpc) is 2.49. The topological polar surface area (TPSA) is 96.9 Å². The molecule has 7 nitrogen and oxygen atoms in total. The van der Waals surface area contributed by atoms with Gasteiger partial charge >= 0.3 is 5.97 Å². The van der Waals surface area contributed by atoms with Crippen molar-refractivity contribution in [1.29, 1.82) is 0 Å². The lowest BCUT2D eigenvalue weighted by Gasteiger charge is -2.31. The van der Waals surface area contributed by atoms with Gasteiger partial charge in [0.2, 0.25) is 0 Å². The van der Waals surface area contributed by atoms with Crippen LogP contribution in [0.2, 0.25) is 0 Å². The summed E-state index contributed by atoms with van der Waals surface area (Å²) in [7, 11) is 0. The first kappa shape index (κ1) is 16.2. The number of hydrogen-bond donors (Lipinski definition) is 1. The zero-order valence-corrected chi connectivity index (χ0v) is 12.5. The fourth-order valence-electron chi connectivity index (χ4n) is 2.90. The Kier molecular flexibility index (Phi) is 5.32. The van der Waals surface area contributed by atoms with Crippen LogP contribution in [-0.4, -0.2) is 30.1 Å². The third-order valence-corrected chi connectivity index (χ3v) is 3.96. The van der Waals surface area contributed by atoms with Crippen LogP contribution in [0.4, 0.5) is 5.69 Å². The molecule has 1 aromatic rings. The molecular formula is C15H20N2O5. The predicted octanol–water partition coefficient (Wildman–Crippen LogP) is 0.169. The van der Waals surface area contributed by atoms with Gasteiger partial charge in [-0.05, 0) is 25.5 Å². The van der Waals surface area contributed by atoms with Crippen molar-refractivity contribution in [3.63, 3.8) is 0 Å². The summed E-state index contributed by atoms with van der Waals surface area (Å²) >= 11 is 0. The van der Waals surface area contributed by atoms with Crippen molar-refractivity contribution in [3.8, 4) is 5.75 Å². The van der Waals surface area contributed by atoms with Crippen molar-refractivity contribution in [1.82, 2.24) is 0 Å². The molecule has 120 valence electrons. The molecule has 22 heavy (non-hydrogen) atoms. The number of hydrogen-bond acceptors (Lipinski definition) is 5. The third kappa shape index (κ3) is 3.73. The highest BCUT2D eigenvalue weighted by atomic mass is 16.6. The lowest BCUT2D eigenvalue weighted by atomic mass is 10.0. The summed E-state index contributed by atoms with van der Waals surface area (Å²) in [6, 6.07) is 3.89. The van der Waals surface area contributed by atoms with Gasteiger partial charge in [0.05, 0.1) is 18.1 Å². The largest absolute Gasteiger partial charge is 0.868 e. The van der Waals surface area contributed by atoms with Gasteiger partial charge in [-0.25, -0.2) is 4.79 Å². The number of nitro groups is 1. The molecule has 1 N–H and O–H groups in total. The van der Waals surface area contributed by atoms with Gasteiger partial charge in [0, 0.05) is 18.1 Å². The van der Waals surface area contributed by atoms with E-state index in [1.807, 2.05) is 0 Å². The molecule has 1 heterocycles. The molecule has 0 radical (unpaired) electrons. The van der Waals surface area contributed by atoms with Crippen LogP contribution in [0.15, 0.2) is 18.2 Å². The highest BCUT2D eigenvalue weighted by Gasteiger charge is 2.33.